The van der Waals surface area contributed by atoms with Crippen LogP contribution in [0.15, 0.2) is 77.7 Å². The lowest BCUT2D eigenvalue weighted by atomic mass is 10.0. The summed E-state index contributed by atoms with van der Waals surface area (Å²) in [5.74, 6) is -0.552. The van der Waals surface area contributed by atoms with Crippen LogP contribution in [0.5, 0.6) is 5.75 Å². The van der Waals surface area contributed by atoms with Gasteiger partial charge >= 0.3 is 5.97 Å². The molecule has 3 aromatic rings. The van der Waals surface area contributed by atoms with E-state index in [0.717, 1.165) is 18.4 Å². The number of fused-ring (bicyclic) bond motifs is 1. The predicted octanol–water partition coefficient (Wildman–Crippen LogP) is 3.88. The summed E-state index contributed by atoms with van der Waals surface area (Å²) in [7, 11) is -2.27. The van der Waals surface area contributed by atoms with Crippen molar-refractivity contribution < 1.29 is 27.5 Å². The van der Waals surface area contributed by atoms with Crippen LogP contribution in [0.4, 0.5) is 5.69 Å². The summed E-state index contributed by atoms with van der Waals surface area (Å²) in [6, 6.07) is 19.6. The van der Waals surface area contributed by atoms with Crippen LogP contribution in [0.3, 0.4) is 0 Å². The number of hydrogen-bond acceptors (Lipinski definition) is 6. The van der Waals surface area contributed by atoms with Crippen LogP contribution in [-0.2, 0) is 21.2 Å². The number of sulfonamides is 1. The molecule has 4 rings (SSSR count). The molecule has 170 valence electrons. The highest BCUT2D eigenvalue weighted by atomic mass is 32.2. The average molecular weight is 466 g/mol. The first-order valence-electron chi connectivity index (χ1n) is 10.5. The summed E-state index contributed by atoms with van der Waals surface area (Å²) in [6.07, 6.45) is 1.57. The molecule has 0 radical (unpaired) electrons. The number of hydrogen-bond donors (Lipinski definition) is 0. The SMILES string of the molecule is COc1cccc(C(=O)COC(=O)c2ccc(S(=O)(=O)N3CCCc4ccccc43)cc2)c1. The van der Waals surface area contributed by atoms with Gasteiger partial charge in [-0.25, -0.2) is 13.2 Å². The Bertz CT molecular complexity index is 1280. The molecule has 0 amide bonds. The van der Waals surface area contributed by atoms with Crippen molar-refractivity contribution in [3.8, 4) is 5.75 Å². The van der Waals surface area contributed by atoms with Crippen molar-refractivity contribution in [2.24, 2.45) is 0 Å². The lowest BCUT2D eigenvalue weighted by Gasteiger charge is -2.30. The zero-order valence-corrected chi connectivity index (χ0v) is 18.9. The fourth-order valence-electron chi connectivity index (χ4n) is 3.73. The molecule has 0 saturated carbocycles. The standard InChI is InChI=1S/C25H23NO6S/c1-31-21-9-4-7-20(16-21)24(27)17-32-25(28)19-11-13-22(14-12-19)33(29,30)26-15-5-8-18-6-2-3-10-23(18)26/h2-4,6-7,9-14,16H,5,8,15,17H2,1H3. The number of benzene rings is 3. The summed E-state index contributed by atoms with van der Waals surface area (Å²) in [4.78, 5) is 24.7. The van der Waals surface area contributed by atoms with E-state index in [9.17, 15) is 18.0 Å². The number of Topliss-reactive ketones (excluding diaryl/α,β-unsaturated/α-hetero) is 1. The number of ether oxygens (including phenoxy) is 2. The number of carbonyl (C=O) groups is 2. The van der Waals surface area contributed by atoms with E-state index < -0.39 is 22.6 Å². The number of anilines is 1. The topological polar surface area (TPSA) is 90.0 Å². The van der Waals surface area contributed by atoms with Crippen molar-refractivity contribution in [1.29, 1.82) is 0 Å². The van der Waals surface area contributed by atoms with Crippen LogP contribution in [0.2, 0.25) is 0 Å². The lowest BCUT2D eigenvalue weighted by Crippen LogP contribution is -2.35. The van der Waals surface area contributed by atoms with Gasteiger partial charge in [0.25, 0.3) is 10.0 Å². The second-order valence-electron chi connectivity index (χ2n) is 7.57. The monoisotopic (exact) mass is 465 g/mol. The highest BCUT2D eigenvalue weighted by Crippen LogP contribution is 2.31. The molecule has 0 unspecified atom stereocenters. The number of methoxy groups -OCH3 is 1. The molecule has 0 fully saturated rings. The number of para-hydroxylation sites is 1. The fourth-order valence-corrected chi connectivity index (χ4v) is 5.27. The maximum absolute atomic E-state index is 13.2. The third-order valence-corrected chi connectivity index (χ3v) is 7.30. The van der Waals surface area contributed by atoms with Gasteiger partial charge in [-0.1, -0.05) is 30.3 Å². The van der Waals surface area contributed by atoms with Crippen LogP contribution in [0.1, 0.15) is 32.7 Å². The van der Waals surface area contributed by atoms with Gasteiger partial charge in [0.05, 0.1) is 23.3 Å². The molecule has 3 aromatic carbocycles. The van der Waals surface area contributed by atoms with Crippen molar-refractivity contribution in [2.75, 3.05) is 24.6 Å². The Morgan fingerprint density at radius 2 is 1.70 bits per heavy atom. The first-order valence-corrected chi connectivity index (χ1v) is 11.9. The van der Waals surface area contributed by atoms with Gasteiger partial charge in [-0.05, 0) is 60.9 Å². The van der Waals surface area contributed by atoms with Crippen molar-refractivity contribution in [3.05, 3.63) is 89.5 Å². The number of ketones is 1. The second kappa shape index (κ2) is 9.46. The summed E-state index contributed by atoms with van der Waals surface area (Å²) in [5, 5.41) is 0. The number of aryl methyl sites for hydroxylation is 1. The first-order chi connectivity index (χ1) is 15.9. The number of rotatable bonds is 7. The molecule has 1 heterocycles. The van der Waals surface area contributed by atoms with Crippen LogP contribution >= 0.6 is 0 Å². The third-order valence-electron chi connectivity index (χ3n) is 5.47. The zero-order valence-electron chi connectivity index (χ0n) is 18.1. The minimum Gasteiger partial charge on any atom is -0.497 e. The highest BCUT2D eigenvalue weighted by molar-refractivity contribution is 7.92. The van der Waals surface area contributed by atoms with Crippen molar-refractivity contribution in [2.45, 2.75) is 17.7 Å². The normalized spacial score (nSPS) is 13.2. The minimum atomic E-state index is -3.77. The van der Waals surface area contributed by atoms with Crippen LogP contribution in [0.25, 0.3) is 0 Å². The maximum atomic E-state index is 13.2. The summed E-state index contributed by atoms with van der Waals surface area (Å²) < 4.78 is 38.0. The van der Waals surface area contributed by atoms with Crippen LogP contribution < -0.4 is 9.04 Å². The molecule has 0 bridgehead atoms. The molecule has 0 spiro atoms. The molecule has 0 aromatic heterocycles. The Morgan fingerprint density at radius 1 is 0.939 bits per heavy atom. The van der Waals surface area contributed by atoms with Gasteiger partial charge in [-0.3, -0.25) is 9.10 Å². The first kappa shape index (κ1) is 22.5. The number of carbonyl (C=O) groups excluding carboxylic acids is 2. The number of nitrogens with zero attached hydrogens (tertiary/aromatic N) is 1. The van der Waals surface area contributed by atoms with E-state index in [0.29, 0.717) is 23.5 Å². The third kappa shape index (κ3) is 4.75. The maximum Gasteiger partial charge on any atom is 0.338 e. The Labute approximate surface area is 192 Å². The average Bonchev–Trinajstić information content (AvgIpc) is 2.86. The van der Waals surface area contributed by atoms with Crippen LogP contribution in [-0.4, -0.2) is 40.4 Å². The molecule has 0 saturated heterocycles. The molecule has 8 heteroatoms. The van der Waals surface area contributed by atoms with Gasteiger partial charge in [0, 0.05) is 12.1 Å². The molecule has 1 aliphatic rings. The van der Waals surface area contributed by atoms with Gasteiger partial charge in [-0.15, -0.1) is 0 Å². The van der Waals surface area contributed by atoms with Crippen molar-refractivity contribution >= 4 is 27.5 Å². The number of esters is 1. The van der Waals surface area contributed by atoms with Gasteiger partial charge in [-0.2, -0.15) is 0 Å². The molecule has 0 aliphatic carbocycles. The summed E-state index contributed by atoms with van der Waals surface area (Å²) in [6.45, 7) is -0.0356. The van der Waals surface area contributed by atoms with Gasteiger partial charge in [0.15, 0.2) is 12.4 Å². The van der Waals surface area contributed by atoms with Gasteiger partial charge in [0.2, 0.25) is 0 Å². The minimum absolute atomic E-state index is 0.0863. The van der Waals surface area contributed by atoms with Crippen LogP contribution in [0, 0.1) is 0 Å². The molecule has 0 N–H and O–H groups in total. The van der Waals surface area contributed by atoms with E-state index in [1.165, 1.54) is 35.7 Å². The van der Waals surface area contributed by atoms with Gasteiger partial charge in [0.1, 0.15) is 5.75 Å². The Kier molecular flexibility index (Phi) is 6.46. The van der Waals surface area contributed by atoms with E-state index in [-0.39, 0.29) is 16.2 Å². The Hall–Kier alpha value is -3.65. The molecular weight excluding hydrogens is 442 g/mol. The highest BCUT2D eigenvalue weighted by Gasteiger charge is 2.29. The predicted molar refractivity (Wildman–Crippen MR) is 123 cm³/mol. The van der Waals surface area contributed by atoms with Crippen molar-refractivity contribution in [1.82, 2.24) is 0 Å². The van der Waals surface area contributed by atoms with Crippen molar-refractivity contribution in [3.63, 3.8) is 0 Å². The molecule has 7 nitrogen and oxygen atoms in total. The Balaban J connectivity index is 1.45. The Morgan fingerprint density at radius 3 is 2.45 bits per heavy atom. The van der Waals surface area contributed by atoms with Gasteiger partial charge < -0.3 is 9.47 Å². The molecular formula is C25H23NO6S. The van der Waals surface area contributed by atoms with E-state index in [4.69, 9.17) is 9.47 Å². The quantitative estimate of drug-likeness (QED) is 0.389. The summed E-state index contributed by atoms with van der Waals surface area (Å²) >= 11 is 0. The molecule has 0 atom stereocenters. The zero-order chi connectivity index (χ0) is 23.4. The molecule has 1 aliphatic heterocycles. The lowest BCUT2D eigenvalue weighted by molar-refractivity contribution is 0.0474. The smallest absolute Gasteiger partial charge is 0.338 e. The fraction of sp³-hybridized carbons (Fsp3) is 0.200. The van der Waals surface area contributed by atoms with E-state index in [2.05, 4.69) is 0 Å². The second-order valence-corrected chi connectivity index (χ2v) is 9.43. The largest absolute Gasteiger partial charge is 0.497 e. The van der Waals surface area contributed by atoms with E-state index in [1.54, 1.807) is 30.3 Å². The van der Waals surface area contributed by atoms with E-state index in [1.807, 2.05) is 18.2 Å². The molecule has 33 heavy (non-hydrogen) atoms. The summed E-state index contributed by atoms with van der Waals surface area (Å²) in [5.41, 5.74) is 2.20. The van der Waals surface area contributed by atoms with E-state index >= 15 is 0 Å².